The van der Waals surface area contributed by atoms with Crippen LogP contribution in [-0.4, -0.2) is 24.2 Å². The van der Waals surface area contributed by atoms with Gasteiger partial charge in [0.05, 0.1) is 6.61 Å². The van der Waals surface area contributed by atoms with Gasteiger partial charge in [0, 0.05) is 18.7 Å². The maximum absolute atomic E-state index is 11.3. The van der Waals surface area contributed by atoms with Gasteiger partial charge in [0.2, 0.25) is 0 Å². The van der Waals surface area contributed by atoms with Gasteiger partial charge in [0.15, 0.2) is 0 Å². The van der Waals surface area contributed by atoms with Crippen LogP contribution in [0.3, 0.4) is 0 Å². The zero-order chi connectivity index (χ0) is 10.4. The quantitative estimate of drug-likeness (QED) is 0.696. The molecule has 0 unspecified atom stereocenters. The smallest absolute Gasteiger partial charge is 0.251 e. The second kappa shape index (κ2) is 7.23. The molecule has 0 aliphatic rings. The van der Waals surface area contributed by atoms with Gasteiger partial charge in [-0.2, -0.15) is 0 Å². The van der Waals surface area contributed by atoms with E-state index < -0.39 is 0 Å². The van der Waals surface area contributed by atoms with Crippen LogP contribution >= 0.6 is 12.4 Å². The summed E-state index contributed by atoms with van der Waals surface area (Å²) in [5.41, 5.74) is 6.99. The molecule has 1 aromatic carbocycles. The second-order valence-corrected chi connectivity index (χ2v) is 2.88. The first kappa shape index (κ1) is 13.9. The summed E-state index contributed by atoms with van der Waals surface area (Å²) < 4.78 is 0. The van der Waals surface area contributed by atoms with E-state index in [4.69, 9.17) is 10.8 Å². The normalized spacial score (nSPS) is 9.20. The highest BCUT2D eigenvalue weighted by Crippen LogP contribution is 2.03. The summed E-state index contributed by atoms with van der Waals surface area (Å²) in [4.78, 5) is 11.3. The highest BCUT2D eigenvalue weighted by molar-refractivity contribution is 5.94. The Morgan fingerprint density at radius 1 is 1.33 bits per heavy atom. The summed E-state index contributed by atoms with van der Waals surface area (Å²) in [7, 11) is 0. The molecule has 0 saturated heterocycles. The molecule has 0 heterocycles. The first-order valence-electron chi connectivity index (χ1n) is 4.46. The fourth-order valence-electron chi connectivity index (χ4n) is 1.06. The number of hydrogen-bond acceptors (Lipinski definition) is 3. The number of benzene rings is 1. The number of nitrogens with two attached hydrogens (primary N) is 1. The van der Waals surface area contributed by atoms with Gasteiger partial charge in [0.25, 0.3) is 5.91 Å². The van der Waals surface area contributed by atoms with Crippen LogP contribution in [0.15, 0.2) is 24.3 Å². The minimum atomic E-state index is -0.178. The average Bonchev–Trinajstić information content (AvgIpc) is 2.26. The van der Waals surface area contributed by atoms with Crippen molar-refractivity contribution in [3.63, 3.8) is 0 Å². The van der Waals surface area contributed by atoms with Crippen LogP contribution in [0.25, 0.3) is 0 Å². The zero-order valence-electron chi connectivity index (χ0n) is 8.27. The van der Waals surface area contributed by atoms with E-state index in [-0.39, 0.29) is 31.5 Å². The molecule has 1 aromatic rings. The molecule has 4 N–H and O–H groups in total. The maximum atomic E-state index is 11.3. The van der Waals surface area contributed by atoms with Gasteiger partial charge in [-0.3, -0.25) is 4.79 Å². The second-order valence-electron chi connectivity index (χ2n) is 2.88. The Hall–Kier alpha value is -1.10. The number of carbonyl (C=O) groups is 1. The Bertz CT molecular complexity index is 301. The van der Waals surface area contributed by atoms with Crippen molar-refractivity contribution in [2.75, 3.05) is 13.2 Å². The fraction of sp³-hybridized carbons (Fsp3) is 0.300. The van der Waals surface area contributed by atoms with Crippen LogP contribution in [0.2, 0.25) is 0 Å². The van der Waals surface area contributed by atoms with Gasteiger partial charge in [-0.15, -0.1) is 12.4 Å². The van der Waals surface area contributed by atoms with Crippen LogP contribution in [0.4, 0.5) is 0 Å². The molecule has 0 spiro atoms. The first-order chi connectivity index (χ1) is 6.77. The van der Waals surface area contributed by atoms with Gasteiger partial charge >= 0.3 is 0 Å². The predicted octanol–water partition coefficient (Wildman–Crippen LogP) is 0.289. The summed E-state index contributed by atoms with van der Waals surface area (Å²) in [5.74, 6) is -0.178. The third-order valence-corrected chi connectivity index (χ3v) is 1.85. The fourth-order valence-corrected chi connectivity index (χ4v) is 1.06. The molecular weight excluding hydrogens is 216 g/mol. The monoisotopic (exact) mass is 230 g/mol. The van der Waals surface area contributed by atoms with E-state index in [1.165, 1.54) is 0 Å². The lowest BCUT2D eigenvalue weighted by atomic mass is 10.1. The molecule has 5 heteroatoms. The molecule has 4 nitrogen and oxygen atoms in total. The topological polar surface area (TPSA) is 75.4 Å². The minimum Gasteiger partial charge on any atom is -0.395 e. The largest absolute Gasteiger partial charge is 0.395 e. The lowest BCUT2D eigenvalue weighted by Gasteiger charge is -2.03. The number of amides is 1. The Morgan fingerprint density at radius 2 is 1.93 bits per heavy atom. The predicted molar refractivity (Wildman–Crippen MR) is 61.0 cm³/mol. The number of aliphatic hydroxyl groups is 1. The van der Waals surface area contributed by atoms with Crippen LogP contribution in [0.5, 0.6) is 0 Å². The first-order valence-corrected chi connectivity index (χ1v) is 4.46. The molecule has 84 valence electrons. The van der Waals surface area contributed by atoms with Crippen molar-refractivity contribution < 1.29 is 9.90 Å². The summed E-state index contributed by atoms with van der Waals surface area (Å²) in [5, 5.41) is 11.1. The Morgan fingerprint density at radius 3 is 2.40 bits per heavy atom. The third-order valence-electron chi connectivity index (χ3n) is 1.85. The van der Waals surface area contributed by atoms with E-state index >= 15 is 0 Å². The number of carbonyl (C=O) groups excluding carboxylic acids is 1. The standard InChI is InChI=1S/C10H14N2O2.ClH/c11-7-8-1-3-9(4-2-8)10(14)12-5-6-13;/h1-4,13H,5-7,11H2,(H,12,14);1H. The average molecular weight is 231 g/mol. The summed E-state index contributed by atoms with van der Waals surface area (Å²) >= 11 is 0. The summed E-state index contributed by atoms with van der Waals surface area (Å²) in [6.07, 6.45) is 0. The molecule has 15 heavy (non-hydrogen) atoms. The lowest BCUT2D eigenvalue weighted by Crippen LogP contribution is -2.26. The molecular formula is C10H15ClN2O2. The lowest BCUT2D eigenvalue weighted by molar-refractivity contribution is 0.0945. The van der Waals surface area contributed by atoms with Crippen molar-refractivity contribution >= 4 is 18.3 Å². The van der Waals surface area contributed by atoms with Crippen molar-refractivity contribution in [3.05, 3.63) is 35.4 Å². The van der Waals surface area contributed by atoms with Crippen LogP contribution in [0.1, 0.15) is 15.9 Å². The zero-order valence-corrected chi connectivity index (χ0v) is 9.09. The van der Waals surface area contributed by atoms with E-state index in [1.54, 1.807) is 12.1 Å². The van der Waals surface area contributed by atoms with Crippen molar-refractivity contribution in [1.82, 2.24) is 5.32 Å². The molecule has 0 aliphatic carbocycles. The highest BCUT2D eigenvalue weighted by Gasteiger charge is 2.03. The number of hydrogen-bond donors (Lipinski definition) is 3. The summed E-state index contributed by atoms with van der Waals surface area (Å²) in [6, 6.07) is 7.06. The maximum Gasteiger partial charge on any atom is 0.251 e. The van der Waals surface area contributed by atoms with Crippen molar-refractivity contribution in [2.24, 2.45) is 5.73 Å². The van der Waals surface area contributed by atoms with Gasteiger partial charge < -0.3 is 16.2 Å². The van der Waals surface area contributed by atoms with Crippen LogP contribution < -0.4 is 11.1 Å². The molecule has 1 amide bonds. The van der Waals surface area contributed by atoms with E-state index in [9.17, 15) is 4.79 Å². The van der Waals surface area contributed by atoms with Crippen molar-refractivity contribution in [1.29, 1.82) is 0 Å². The van der Waals surface area contributed by atoms with E-state index in [1.807, 2.05) is 12.1 Å². The third kappa shape index (κ3) is 4.29. The molecule has 1 rings (SSSR count). The Balaban J connectivity index is 0.00000196. The number of rotatable bonds is 4. The van der Waals surface area contributed by atoms with E-state index in [2.05, 4.69) is 5.32 Å². The highest BCUT2D eigenvalue weighted by atomic mass is 35.5. The molecule has 0 fully saturated rings. The Kier molecular flexibility index (Phi) is 6.70. The van der Waals surface area contributed by atoms with Gasteiger partial charge in [0.1, 0.15) is 0 Å². The van der Waals surface area contributed by atoms with Crippen molar-refractivity contribution in [2.45, 2.75) is 6.54 Å². The minimum absolute atomic E-state index is 0. The molecule has 0 radical (unpaired) electrons. The van der Waals surface area contributed by atoms with Crippen LogP contribution in [-0.2, 0) is 6.54 Å². The summed E-state index contributed by atoms with van der Waals surface area (Å²) in [6.45, 7) is 0.697. The number of halogens is 1. The molecule has 0 atom stereocenters. The molecule has 0 aliphatic heterocycles. The van der Waals surface area contributed by atoms with Crippen molar-refractivity contribution in [3.8, 4) is 0 Å². The van der Waals surface area contributed by atoms with Gasteiger partial charge in [-0.25, -0.2) is 0 Å². The Labute approximate surface area is 94.9 Å². The van der Waals surface area contributed by atoms with E-state index in [0.717, 1.165) is 5.56 Å². The van der Waals surface area contributed by atoms with Gasteiger partial charge in [-0.05, 0) is 17.7 Å². The SMILES string of the molecule is Cl.NCc1ccc(C(=O)NCCO)cc1. The number of aliphatic hydroxyl groups excluding tert-OH is 1. The van der Waals surface area contributed by atoms with Gasteiger partial charge in [-0.1, -0.05) is 12.1 Å². The molecule has 0 bridgehead atoms. The number of nitrogens with one attached hydrogen (secondary N) is 1. The van der Waals surface area contributed by atoms with E-state index in [0.29, 0.717) is 12.1 Å². The molecule has 0 saturated carbocycles. The van der Waals surface area contributed by atoms with Crippen LogP contribution in [0, 0.1) is 0 Å². The molecule has 0 aromatic heterocycles.